The molecule has 2 nitrogen and oxygen atoms in total. The Hall–Kier alpha value is -1.41. The molecule has 0 saturated heterocycles. The molecule has 0 N–H and O–H groups in total. The van der Waals surface area contributed by atoms with Gasteiger partial charge in [-0.2, -0.15) is 0 Å². The maximum atomic E-state index is 9.89. The maximum Gasteiger partial charge on any atom is 0.145 e. The van der Waals surface area contributed by atoms with E-state index < -0.39 is 0 Å². The molecule has 13 heavy (non-hydrogen) atoms. The van der Waals surface area contributed by atoms with Crippen molar-refractivity contribution in [3.8, 4) is 0 Å². The molecule has 0 spiro atoms. The zero-order valence-corrected chi connectivity index (χ0v) is 7.35. The zero-order valence-electron chi connectivity index (χ0n) is 7.35. The molecule has 0 fully saturated rings. The number of hydrogen-bond donors (Lipinski definition) is 0. The van der Waals surface area contributed by atoms with Gasteiger partial charge in [0.15, 0.2) is 0 Å². The lowest BCUT2D eigenvalue weighted by Gasteiger charge is -1.93. The number of ether oxygens (including phenoxy) is 1. The number of carbonyl (C=O) groups excluding carboxylic acids is 1. The Bertz CT molecular complexity index is 265. The molecule has 0 amide bonds. The fraction of sp³-hybridized carbons (Fsp3) is 0.182. The average Bonchev–Trinajstić information content (AvgIpc) is 2.19. The smallest absolute Gasteiger partial charge is 0.145 e. The fourth-order valence-corrected chi connectivity index (χ4v) is 0.933. The molecule has 0 aliphatic rings. The van der Waals surface area contributed by atoms with Gasteiger partial charge in [0.1, 0.15) is 12.9 Å². The van der Waals surface area contributed by atoms with E-state index in [0.717, 1.165) is 11.8 Å². The predicted octanol–water partition coefficient (Wildman–Crippen LogP) is 1.92. The van der Waals surface area contributed by atoms with Crippen LogP contribution < -0.4 is 0 Å². The highest BCUT2D eigenvalue weighted by atomic mass is 16.5. The van der Waals surface area contributed by atoms with E-state index in [0.29, 0.717) is 6.61 Å². The largest absolute Gasteiger partial charge is 0.370 e. The molecular formula is C11H12O2. The van der Waals surface area contributed by atoms with Crippen LogP contribution in [0.1, 0.15) is 5.56 Å². The summed E-state index contributed by atoms with van der Waals surface area (Å²) in [6, 6.07) is 9.95. The van der Waals surface area contributed by atoms with Crippen molar-refractivity contribution in [2.24, 2.45) is 0 Å². The van der Waals surface area contributed by atoms with Gasteiger partial charge in [-0.15, -0.1) is 0 Å². The van der Waals surface area contributed by atoms with Crippen molar-refractivity contribution in [2.75, 3.05) is 13.2 Å². The number of hydrogen-bond acceptors (Lipinski definition) is 2. The summed E-state index contributed by atoms with van der Waals surface area (Å²) in [7, 11) is 0. The molecule has 0 aliphatic carbocycles. The van der Waals surface area contributed by atoms with Gasteiger partial charge in [-0.05, 0) is 5.56 Å². The van der Waals surface area contributed by atoms with Crippen LogP contribution in [0.2, 0.25) is 0 Å². The van der Waals surface area contributed by atoms with E-state index in [2.05, 4.69) is 0 Å². The van der Waals surface area contributed by atoms with Crippen molar-refractivity contribution in [3.05, 3.63) is 42.0 Å². The molecular weight excluding hydrogens is 164 g/mol. The van der Waals surface area contributed by atoms with Gasteiger partial charge in [-0.1, -0.05) is 42.5 Å². The van der Waals surface area contributed by atoms with E-state index >= 15 is 0 Å². The summed E-state index contributed by atoms with van der Waals surface area (Å²) in [5.41, 5.74) is 1.14. The van der Waals surface area contributed by atoms with Crippen LogP contribution in [0.4, 0.5) is 0 Å². The average molecular weight is 176 g/mol. The van der Waals surface area contributed by atoms with Crippen molar-refractivity contribution in [1.82, 2.24) is 0 Å². The van der Waals surface area contributed by atoms with Crippen molar-refractivity contribution >= 4 is 12.4 Å². The van der Waals surface area contributed by atoms with Crippen LogP contribution in [0.5, 0.6) is 0 Å². The van der Waals surface area contributed by atoms with Gasteiger partial charge in [0.2, 0.25) is 0 Å². The molecule has 1 aromatic carbocycles. The van der Waals surface area contributed by atoms with Crippen LogP contribution in [0.15, 0.2) is 36.4 Å². The summed E-state index contributed by atoms with van der Waals surface area (Å²) in [6.07, 6.45) is 4.60. The quantitative estimate of drug-likeness (QED) is 0.506. The SMILES string of the molecule is O=CCOCC=Cc1ccccc1. The third-order valence-corrected chi connectivity index (χ3v) is 1.51. The highest BCUT2D eigenvalue weighted by Crippen LogP contribution is 2.00. The lowest BCUT2D eigenvalue weighted by molar-refractivity contribution is -0.111. The van der Waals surface area contributed by atoms with Gasteiger partial charge >= 0.3 is 0 Å². The zero-order chi connectivity index (χ0) is 9.36. The van der Waals surface area contributed by atoms with Crippen LogP contribution in [0.25, 0.3) is 6.08 Å². The van der Waals surface area contributed by atoms with Crippen molar-refractivity contribution in [1.29, 1.82) is 0 Å². The Morgan fingerprint density at radius 2 is 1.92 bits per heavy atom. The first kappa shape index (κ1) is 9.68. The Kier molecular flexibility index (Phi) is 4.57. The molecule has 0 heterocycles. The second kappa shape index (κ2) is 6.14. The highest BCUT2D eigenvalue weighted by Gasteiger charge is 1.82. The molecule has 0 bridgehead atoms. The van der Waals surface area contributed by atoms with Crippen molar-refractivity contribution in [2.45, 2.75) is 0 Å². The Morgan fingerprint density at radius 1 is 1.15 bits per heavy atom. The lowest BCUT2D eigenvalue weighted by Crippen LogP contribution is -1.93. The molecule has 1 aromatic rings. The first-order valence-corrected chi connectivity index (χ1v) is 4.16. The second-order valence-corrected chi connectivity index (χ2v) is 2.52. The molecule has 0 saturated carbocycles. The minimum atomic E-state index is 0.166. The summed E-state index contributed by atoms with van der Waals surface area (Å²) in [5, 5.41) is 0. The van der Waals surface area contributed by atoms with Crippen molar-refractivity contribution < 1.29 is 9.53 Å². The van der Waals surface area contributed by atoms with Gasteiger partial charge in [-0.25, -0.2) is 0 Å². The summed E-state index contributed by atoms with van der Waals surface area (Å²) in [6.45, 7) is 0.646. The molecule has 0 atom stereocenters. The fourth-order valence-electron chi connectivity index (χ4n) is 0.933. The lowest BCUT2D eigenvalue weighted by atomic mass is 10.2. The topological polar surface area (TPSA) is 26.3 Å². The van der Waals surface area contributed by atoms with Crippen LogP contribution in [0, 0.1) is 0 Å². The van der Waals surface area contributed by atoms with Crippen LogP contribution in [0.3, 0.4) is 0 Å². The summed E-state index contributed by atoms with van der Waals surface area (Å²) in [4.78, 5) is 9.89. The minimum absolute atomic E-state index is 0.166. The molecule has 68 valence electrons. The van der Waals surface area contributed by atoms with E-state index in [4.69, 9.17) is 4.74 Å². The molecule has 0 radical (unpaired) electrons. The third-order valence-electron chi connectivity index (χ3n) is 1.51. The number of rotatable bonds is 5. The molecule has 0 unspecified atom stereocenters. The molecule has 0 aliphatic heterocycles. The van der Waals surface area contributed by atoms with Gasteiger partial charge in [0.25, 0.3) is 0 Å². The predicted molar refractivity (Wildman–Crippen MR) is 52.4 cm³/mol. The van der Waals surface area contributed by atoms with E-state index in [1.54, 1.807) is 0 Å². The van der Waals surface area contributed by atoms with E-state index in [1.807, 2.05) is 42.5 Å². The van der Waals surface area contributed by atoms with E-state index in [-0.39, 0.29) is 6.61 Å². The van der Waals surface area contributed by atoms with E-state index in [9.17, 15) is 4.79 Å². The summed E-state index contributed by atoms with van der Waals surface area (Å²) in [5.74, 6) is 0. The summed E-state index contributed by atoms with van der Waals surface area (Å²) >= 11 is 0. The van der Waals surface area contributed by atoms with Gasteiger partial charge in [0.05, 0.1) is 6.61 Å². The molecule has 1 rings (SSSR count). The Morgan fingerprint density at radius 3 is 2.62 bits per heavy atom. The maximum absolute atomic E-state index is 9.89. The first-order valence-electron chi connectivity index (χ1n) is 4.16. The van der Waals surface area contributed by atoms with Gasteiger partial charge in [-0.3, -0.25) is 0 Å². The number of aldehydes is 1. The van der Waals surface area contributed by atoms with Gasteiger partial charge < -0.3 is 9.53 Å². The normalized spacial score (nSPS) is 10.5. The Labute approximate surface area is 77.8 Å². The standard InChI is InChI=1S/C11H12O2/c12-8-10-13-9-4-7-11-5-2-1-3-6-11/h1-8H,9-10H2. The first-order chi connectivity index (χ1) is 6.43. The van der Waals surface area contributed by atoms with Crippen LogP contribution in [-0.2, 0) is 9.53 Å². The number of benzene rings is 1. The summed E-state index contributed by atoms with van der Waals surface area (Å²) < 4.78 is 4.95. The number of carbonyl (C=O) groups is 1. The third kappa shape index (κ3) is 4.23. The Balaban J connectivity index is 2.28. The highest BCUT2D eigenvalue weighted by molar-refractivity contribution is 5.51. The second-order valence-electron chi connectivity index (χ2n) is 2.52. The van der Waals surface area contributed by atoms with E-state index in [1.165, 1.54) is 0 Å². The van der Waals surface area contributed by atoms with Gasteiger partial charge in [0, 0.05) is 0 Å². The van der Waals surface area contributed by atoms with Crippen molar-refractivity contribution in [3.63, 3.8) is 0 Å². The monoisotopic (exact) mass is 176 g/mol. The molecule has 0 aromatic heterocycles. The molecule has 2 heteroatoms. The minimum Gasteiger partial charge on any atom is -0.370 e. The van der Waals surface area contributed by atoms with Crippen LogP contribution >= 0.6 is 0 Å². The van der Waals surface area contributed by atoms with Crippen LogP contribution in [-0.4, -0.2) is 19.5 Å².